The molecule has 2 aromatic rings. The summed E-state index contributed by atoms with van der Waals surface area (Å²) < 4.78 is 0. The van der Waals surface area contributed by atoms with Crippen LogP contribution in [-0.2, 0) is 9.59 Å². The van der Waals surface area contributed by atoms with E-state index in [2.05, 4.69) is 0 Å². The van der Waals surface area contributed by atoms with Gasteiger partial charge >= 0.3 is 0 Å². The van der Waals surface area contributed by atoms with Crippen LogP contribution in [-0.4, -0.2) is 17.0 Å². The van der Waals surface area contributed by atoms with Crippen molar-refractivity contribution < 1.29 is 14.8 Å². The molecule has 1 heterocycles. The first kappa shape index (κ1) is 18.9. The average Bonchev–Trinajstić information content (AvgIpc) is 2.87. The minimum absolute atomic E-state index is 0.0756. The van der Waals surface area contributed by atoms with Crippen LogP contribution in [0.5, 0.6) is 0 Å². The lowest BCUT2D eigenvalue weighted by Crippen LogP contribution is -2.26. The topological polar surface area (TPSA) is 69.6 Å². The number of amides is 2. The molecule has 0 fully saturated rings. The minimum atomic E-state index is -0.364. The van der Waals surface area contributed by atoms with Crippen LogP contribution in [0.15, 0.2) is 48.5 Å². The van der Waals surface area contributed by atoms with E-state index in [0.29, 0.717) is 19.3 Å². The van der Waals surface area contributed by atoms with E-state index in [1.807, 2.05) is 65.6 Å². The third kappa shape index (κ3) is 4.63. The summed E-state index contributed by atoms with van der Waals surface area (Å²) in [6.45, 7) is 0. The van der Waals surface area contributed by atoms with Crippen molar-refractivity contribution in [3.63, 3.8) is 0 Å². The summed E-state index contributed by atoms with van der Waals surface area (Å²) in [4.78, 5) is 25.9. The second-order valence-electron chi connectivity index (χ2n) is 6.63. The number of hydrogen-bond donors (Lipinski definition) is 2. The average molecular weight is 364 g/mol. The van der Waals surface area contributed by atoms with Crippen LogP contribution in [0.1, 0.15) is 49.7 Å². The Morgan fingerprint density at radius 1 is 0.778 bits per heavy atom. The largest absolute Gasteiger partial charge is 0.289 e. The smallest absolute Gasteiger partial charge is 0.243 e. The minimum Gasteiger partial charge on any atom is -0.289 e. The monoisotopic (exact) mass is 364 g/mol. The summed E-state index contributed by atoms with van der Waals surface area (Å²) in [7, 11) is 0. The lowest BCUT2D eigenvalue weighted by atomic mass is 10.1. The summed E-state index contributed by atoms with van der Waals surface area (Å²) >= 11 is 0. The van der Waals surface area contributed by atoms with Crippen LogP contribution in [0, 0.1) is 0 Å². The SMILES string of the molecule is O=C(CCCCCCC(=O)N1c2ccccc2C=Cc2ccccc21)NO. The summed E-state index contributed by atoms with van der Waals surface area (Å²) in [5.74, 6) is -0.289. The number of anilines is 2. The highest BCUT2D eigenvalue weighted by atomic mass is 16.5. The molecule has 5 heteroatoms. The van der Waals surface area contributed by atoms with E-state index in [4.69, 9.17) is 5.21 Å². The predicted molar refractivity (Wildman–Crippen MR) is 107 cm³/mol. The normalized spacial score (nSPS) is 12.1. The lowest BCUT2D eigenvalue weighted by molar-refractivity contribution is -0.129. The summed E-state index contributed by atoms with van der Waals surface area (Å²) in [5, 5.41) is 8.48. The summed E-state index contributed by atoms with van der Waals surface area (Å²) in [6, 6.07) is 15.9. The van der Waals surface area contributed by atoms with Gasteiger partial charge in [-0.25, -0.2) is 5.48 Å². The van der Waals surface area contributed by atoms with E-state index in [1.54, 1.807) is 5.48 Å². The molecule has 0 spiro atoms. The second kappa shape index (κ2) is 9.14. The first-order valence-electron chi connectivity index (χ1n) is 9.33. The van der Waals surface area contributed by atoms with Crippen molar-refractivity contribution in [2.75, 3.05) is 4.90 Å². The molecule has 140 valence electrons. The highest BCUT2D eigenvalue weighted by molar-refractivity contribution is 6.06. The highest BCUT2D eigenvalue weighted by Crippen LogP contribution is 2.36. The van der Waals surface area contributed by atoms with Gasteiger partial charge in [-0.15, -0.1) is 0 Å². The van der Waals surface area contributed by atoms with Crippen molar-refractivity contribution in [1.82, 2.24) is 5.48 Å². The van der Waals surface area contributed by atoms with E-state index in [-0.39, 0.29) is 11.8 Å². The molecule has 1 aliphatic heterocycles. The van der Waals surface area contributed by atoms with Crippen LogP contribution in [0.3, 0.4) is 0 Å². The Kier molecular flexibility index (Phi) is 6.39. The molecular weight excluding hydrogens is 340 g/mol. The number of hydrogen-bond acceptors (Lipinski definition) is 3. The van der Waals surface area contributed by atoms with Crippen molar-refractivity contribution in [1.29, 1.82) is 0 Å². The number of nitrogens with one attached hydrogen (secondary N) is 1. The molecule has 0 saturated heterocycles. The molecule has 5 nitrogen and oxygen atoms in total. The number of unbranched alkanes of at least 4 members (excludes halogenated alkanes) is 3. The Balaban J connectivity index is 1.67. The second-order valence-corrected chi connectivity index (χ2v) is 6.63. The molecule has 27 heavy (non-hydrogen) atoms. The molecule has 0 radical (unpaired) electrons. The Labute approximate surface area is 159 Å². The maximum absolute atomic E-state index is 13.1. The molecule has 0 bridgehead atoms. The molecule has 0 saturated carbocycles. The molecule has 0 aromatic heterocycles. The van der Waals surface area contributed by atoms with Crippen LogP contribution >= 0.6 is 0 Å². The molecule has 0 atom stereocenters. The zero-order chi connectivity index (χ0) is 19.1. The zero-order valence-electron chi connectivity index (χ0n) is 15.2. The van der Waals surface area contributed by atoms with E-state index < -0.39 is 0 Å². The first-order chi connectivity index (χ1) is 13.2. The molecule has 2 amide bonds. The number of para-hydroxylation sites is 2. The van der Waals surface area contributed by atoms with Gasteiger partial charge in [0.2, 0.25) is 11.8 Å². The van der Waals surface area contributed by atoms with Gasteiger partial charge in [-0.05, 0) is 36.1 Å². The van der Waals surface area contributed by atoms with Crippen LogP contribution < -0.4 is 10.4 Å². The standard InChI is InChI=1S/C22H24N2O3/c25-21(23-27)13-3-1-2-4-14-22(26)24-19-11-7-5-9-17(19)15-16-18-10-6-8-12-20(18)24/h5-12,15-16,27H,1-4,13-14H2,(H,23,25). The number of rotatable bonds is 7. The highest BCUT2D eigenvalue weighted by Gasteiger charge is 2.23. The van der Waals surface area contributed by atoms with Crippen molar-refractivity contribution in [2.45, 2.75) is 38.5 Å². The molecule has 2 N–H and O–H groups in total. The van der Waals surface area contributed by atoms with E-state index >= 15 is 0 Å². The van der Waals surface area contributed by atoms with Gasteiger partial charge in [-0.2, -0.15) is 0 Å². The van der Waals surface area contributed by atoms with Gasteiger partial charge in [0.1, 0.15) is 0 Å². The maximum Gasteiger partial charge on any atom is 0.243 e. The molecule has 3 rings (SSSR count). The number of carbonyl (C=O) groups excluding carboxylic acids is 2. The van der Waals surface area contributed by atoms with Crippen LogP contribution in [0.4, 0.5) is 11.4 Å². The van der Waals surface area contributed by atoms with Gasteiger partial charge in [0.25, 0.3) is 0 Å². The Bertz CT molecular complexity index is 795. The van der Waals surface area contributed by atoms with Crippen molar-refractivity contribution >= 4 is 35.3 Å². The lowest BCUT2D eigenvalue weighted by Gasteiger charge is -2.25. The Morgan fingerprint density at radius 3 is 1.85 bits per heavy atom. The fourth-order valence-electron chi connectivity index (χ4n) is 3.33. The third-order valence-corrected chi connectivity index (χ3v) is 4.72. The summed E-state index contributed by atoms with van der Waals surface area (Å²) in [6.07, 6.45) is 8.07. The van der Waals surface area contributed by atoms with Crippen molar-refractivity contribution in [3.05, 3.63) is 59.7 Å². The van der Waals surface area contributed by atoms with Crippen LogP contribution in [0.2, 0.25) is 0 Å². The van der Waals surface area contributed by atoms with Gasteiger partial charge in [0.15, 0.2) is 0 Å². The number of hydroxylamine groups is 1. The summed E-state index contributed by atoms with van der Waals surface area (Å²) in [5.41, 5.74) is 5.50. The number of carbonyl (C=O) groups is 2. The van der Waals surface area contributed by atoms with E-state index in [1.165, 1.54) is 0 Å². The first-order valence-corrected chi connectivity index (χ1v) is 9.33. The van der Waals surface area contributed by atoms with Gasteiger partial charge in [0, 0.05) is 12.8 Å². The van der Waals surface area contributed by atoms with Gasteiger partial charge in [0.05, 0.1) is 11.4 Å². The van der Waals surface area contributed by atoms with Gasteiger partial charge in [-0.3, -0.25) is 19.7 Å². The van der Waals surface area contributed by atoms with Crippen molar-refractivity contribution in [3.8, 4) is 0 Å². The number of fused-ring (bicyclic) bond motifs is 2. The molecule has 2 aromatic carbocycles. The predicted octanol–water partition coefficient (Wildman–Crippen LogP) is 4.68. The quantitative estimate of drug-likeness (QED) is 0.426. The van der Waals surface area contributed by atoms with Crippen LogP contribution in [0.25, 0.3) is 12.2 Å². The fraction of sp³-hybridized carbons (Fsp3) is 0.273. The van der Waals surface area contributed by atoms with E-state index in [9.17, 15) is 9.59 Å². The van der Waals surface area contributed by atoms with Crippen molar-refractivity contribution in [2.24, 2.45) is 0 Å². The molecule has 0 aliphatic carbocycles. The third-order valence-electron chi connectivity index (χ3n) is 4.72. The number of nitrogens with zero attached hydrogens (tertiary/aromatic N) is 1. The van der Waals surface area contributed by atoms with Gasteiger partial charge < -0.3 is 0 Å². The maximum atomic E-state index is 13.1. The molecule has 0 unspecified atom stereocenters. The van der Waals surface area contributed by atoms with E-state index in [0.717, 1.165) is 41.8 Å². The number of benzene rings is 2. The molecular formula is C22H24N2O3. The zero-order valence-corrected chi connectivity index (χ0v) is 15.2. The molecule has 1 aliphatic rings. The Morgan fingerprint density at radius 2 is 1.30 bits per heavy atom. The fourth-order valence-corrected chi connectivity index (χ4v) is 3.33. The van der Waals surface area contributed by atoms with Gasteiger partial charge in [-0.1, -0.05) is 61.4 Å². The Hall–Kier alpha value is -2.92.